The molecule has 0 spiro atoms. The second-order valence-electron chi connectivity index (χ2n) is 8.22. The van der Waals surface area contributed by atoms with Crippen molar-refractivity contribution in [3.8, 4) is 0 Å². The van der Waals surface area contributed by atoms with Crippen molar-refractivity contribution in [3.05, 3.63) is 23.9 Å². The highest BCUT2D eigenvalue weighted by molar-refractivity contribution is 5.90. The molecule has 2 saturated heterocycles. The molecule has 1 unspecified atom stereocenters. The van der Waals surface area contributed by atoms with E-state index in [-0.39, 0.29) is 17.9 Å². The van der Waals surface area contributed by atoms with Crippen LogP contribution in [-0.4, -0.2) is 96.4 Å². The van der Waals surface area contributed by atoms with E-state index in [1.807, 2.05) is 24.8 Å². The van der Waals surface area contributed by atoms with Gasteiger partial charge in [0.15, 0.2) is 5.96 Å². The first kappa shape index (κ1) is 23.0. The van der Waals surface area contributed by atoms with Crippen LogP contribution >= 0.6 is 0 Å². The monoisotopic (exact) mass is 429 g/mol. The molecular weight excluding hydrogens is 394 g/mol. The number of hydrogen-bond donors (Lipinski definition) is 2. The van der Waals surface area contributed by atoms with Gasteiger partial charge in [-0.25, -0.2) is 4.98 Å². The largest absolute Gasteiger partial charge is 0.356 e. The Morgan fingerprint density at radius 3 is 2.42 bits per heavy atom. The molecule has 0 aliphatic carbocycles. The van der Waals surface area contributed by atoms with Crippen molar-refractivity contribution in [2.75, 3.05) is 58.2 Å². The molecule has 2 amide bonds. The number of piperazine rings is 1. The van der Waals surface area contributed by atoms with Crippen LogP contribution in [0.1, 0.15) is 31.7 Å². The number of hydrogen-bond acceptors (Lipinski definition) is 5. The van der Waals surface area contributed by atoms with E-state index in [0.717, 1.165) is 63.6 Å². The molecule has 170 valence electrons. The number of nitrogens with zero attached hydrogens (tertiary/aromatic N) is 5. The number of aromatic nitrogens is 1. The van der Waals surface area contributed by atoms with Crippen LogP contribution in [0.2, 0.25) is 0 Å². The SMILES string of the molecule is CN=C(NCCC(=O)Nc1ccc(C)cn1)N1CCN(C(C)C(=O)N2CCCC2)CC1. The lowest BCUT2D eigenvalue weighted by Gasteiger charge is -2.39. The fourth-order valence-electron chi connectivity index (χ4n) is 4.05. The lowest BCUT2D eigenvalue weighted by atomic mass is 10.2. The minimum absolute atomic E-state index is 0.0747. The number of aryl methyl sites for hydroxylation is 1. The number of pyridine rings is 1. The number of carbonyl (C=O) groups excluding carboxylic acids is 2. The van der Waals surface area contributed by atoms with Gasteiger partial charge in [0.05, 0.1) is 6.04 Å². The van der Waals surface area contributed by atoms with Crippen molar-refractivity contribution in [2.45, 2.75) is 39.2 Å². The van der Waals surface area contributed by atoms with Gasteiger partial charge in [-0.1, -0.05) is 6.07 Å². The van der Waals surface area contributed by atoms with Gasteiger partial charge in [-0.05, 0) is 38.3 Å². The van der Waals surface area contributed by atoms with Crippen molar-refractivity contribution in [1.29, 1.82) is 0 Å². The average molecular weight is 430 g/mol. The molecule has 0 bridgehead atoms. The quantitative estimate of drug-likeness (QED) is 0.516. The molecule has 9 heteroatoms. The smallest absolute Gasteiger partial charge is 0.239 e. The summed E-state index contributed by atoms with van der Waals surface area (Å²) in [5.74, 6) is 1.52. The first-order valence-corrected chi connectivity index (χ1v) is 11.2. The van der Waals surface area contributed by atoms with Crippen molar-refractivity contribution < 1.29 is 9.59 Å². The lowest BCUT2D eigenvalue weighted by molar-refractivity contribution is -0.135. The molecule has 1 aromatic heterocycles. The van der Waals surface area contributed by atoms with E-state index in [4.69, 9.17) is 0 Å². The average Bonchev–Trinajstić information content (AvgIpc) is 3.32. The Morgan fingerprint density at radius 1 is 1.10 bits per heavy atom. The number of anilines is 1. The van der Waals surface area contributed by atoms with Gasteiger partial charge < -0.3 is 20.4 Å². The van der Waals surface area contributed by atoms with Gasteiger partial charge in [0.2, 0.25) is 11.8 Å². The van der Waals surface area contributed by atoms with Crippen LogP contribution in [-0.2, 0) is 9.59 Å². The Morgan fingerprint density at radius 2 is 1.81 bits per heavy atom. The van der Waals surface area contributed by atoms with Gasteiger partial charge in [-0.2, -0.15) is 0 Å². The zero-order valence-electron chi connectivity index (χ0n) is 18.9. The summed E-state index contributed by atoms with van der Waals surface area (Å²) < 4.78 is 0. The molecule has 2 aliphatic heterocycles. The molecular formula is C22H35N7O2. The highest BCUT2D eigenvalue weighted by atomic mass is 16.2. The maximum Gasteiger partial charge on any atom is 0.239 e. The third kappa shape index (κ3) is 6.40. The number of rotatable bonds is 6. The standard InChI is InChI=1S/C22H35N7O2/c1-17-6-7-19(25-16-17)26-20(30)8-9-24-22(23-3)29-14-12-27(13-15-29)18(2)21(31)28-10-4-5-11-28/h6-7,16,18H,4-5,8-15H2,1-3H3,(H,23,24)(H,25,26,30). The Balaban J connectivity index is 1.39. The van der Waals surface area contributed by atoms with E-state index in [0.29, 0.717) is 18.8 Å². The summed E-state index contributed by atoms with van der Waals surface area (Å²) in [7, 11) is 1.75. The molecule has 0 radical (unpaired) electrons. The van der Waals surface area contributed by atoms with E-state index in [2.05, 4.69) is 30.4 Å². The second kappa shape index (κ2) is 11.1. The van der Waals surface area contributed by atoms with Gasteiger partial charge in [0.25, 0.3) is 0 Å². The van der Waals surface area contributed by atoms with Gasteiger partial charge in [-0.3, -0.25) is 19.5 Å². The number of guanidine groups is 1. The van der Waals surface area contributed by atoms with Crippen LogP contribution in [0, 0.1) is 6.92 Å². The first-order chi connectivity index (χ1) is 15.0. The van der Waals surface area contributed by atoms with E-state index >= 15 is 0 Å². The van der Waals surface area contributed by atoms with E-state index in [1.165, 1.54) is 0 Å². The Bertz CT molecular complexity index is 767. The van der Waals surface area contributed by atoms with Crippen molar-refractivity contribution in [1.82, 2.24) is 25.0 Å². The summed E-state index contributed by atoms with van der Waals surface area (Å²) in [6.07, 6.45) is 4.30. The van der Waals surface area contributed by atoms with Crippen LogP contribution in [0.3, 0.4) is 0 Å². The van der Waals surface area contributed by atoms with Crippen molar-refractivity contribution in [3.63, 3.8) is 0 Å². The number of nitrogens with one attached hydrogen (secondary N) is 2. The topological polar surface area (TPSA) is 93.2 Å². The van der Waals surface area contributed by atoms with E-state index in [1.54, 1.807) is 19.3 Å². The Hall–Kier alpha value is -2.68. The number of likely N-dealkylation sites (tertiary alicyclic amines) is 1. The molecule has 1 atom stereocenters. The predicted molar refractivity (Wildman–Crippen MR) is 122 cm³/mol. The summed E-state index contributed by atoms with van der Waals surface area (Å²) in [6.45, 7) is 9.51. The van der Waals surface area contributed by atoms with Crippen LogP contribution in [0.5, 0.6) is 0 Å². The summed E-state index contributed by atoms with van der Waals surface area (Å²) in [6, 6.07) is 3.64. The molecule has 2 N–H and O–H groups in total. The molecule has 3 heterocycles. The second-order valence-corrected chi connectivity index (χ2v) is 8.22. The van der Waals surface area contributed by atoms with Crippen LogP contribution in [0.25, 0.3) is 0 Å². The van der Waals surface area contributed by atoms with Gasteiger partial charge in [0, 0.05) is 65.5 Å². The predicted octanol–water partition coefficient (Wildman–Crippen LogP) is 0.923. The molecule has 9 nitrogen and oxygen atoms in total. The third-order valence-electron chi connectivity index (χ3n) is 5.96. The third-order valence-corrected chi connectivity index (χ3v) is 5.96. The molecule has 3 rings (SSSR count). The zero-order chi connectivity index (χ0) is 22.2. The van der Waals surface area contributed by atoms with Gasteiger partial charge in [0.1, 0.15) is 5.82 Å². The zero-order valence-corrected chi connectivity index (χ0v) is 18.9. The maximum absolute atomic E-state index is 12.7. The Kier molecular flexibility index (Phi) is 8.22. The number of amides is 2. The molecule has 1 aromatic rings. The fourth-order valence-corrected chi connectivity index (χ4v) is 4.05. The molecule has 2 fully saturated rings. The summed E-state index contributed by atoms with van der Waals surface area (Å²) in [5, 5.41) is 6.08. The van der Waals surface area contributed by atoms with Crippen molar-refractivity contribution >= 4 is 23.6 Å². The summed E-state index contributed by atoms with van der Waals surface area (Å²) in [4.78, 5) is 39.8. The number of carbonyl (C=O) groups is 2. The highest BCUT2D eigenvalue weighted by Crippen LogP contribution is 2.14. The van der Waals surface area contributed by atoms with Gasteiger partial charge in [-0.15, -0.1) is 0 Å². The first-order valence-electron chi connectivity index (χ1n) is 11.2. The maximum atomic E-state index is 12.7. The Labute approximate surface area is 184 Å². The molecule has 2 aliphatic rings. The van der Waals surface area contributed by atoms with Gasteiger partial charge >= 0.3 is 0 Å². The normalized spacial score (nSPS) is 18.7. The number of aliphatic imine (C=N–C) groups is 1. The highest BCUT2D eigenvalue weighted by Gasteiger charge is 2.30. The van der Waals surface area contributed by atoms with E-state index in [9.17, 15) is 9.59 Å². The summed E-state index contributed by atoms with van der Waals surface area (Å²) in [5.41, 5.74) is 1.05. The van der Waals surface area contributed by atoms with E-state index < -0.39 is 0 Å². The molecule has 0 aromatic carbocycles. The fraction of sp³-hybridized carbons (Fsp3) is 0.636. The van der Waals surface area contributed by atoms with Crippen LogP contribution in [0.4, 0.5) is 5.82 Å². The molecule has 31 heavy (non-hydrogen) atoms. The minimum Gasteiger partial charge on any atom is -0.356 e. The summed E-state index contributed by atoms with van der Waals surface area (Å²) >= 11 is 0. The minimum atomic E-state index is -0.0848. The van der Waals surface area contributed by atoms with Crippen molar-refractivity contribution in [2.24, 2.45) is 4.99 Å². The molecule has 0 saturated carbocycles. The lowest BCUT2D eigenvalue weighted by Crippen LogP contribution is -2.57. The van der Waals surface area contributed by atoms with Crippen LogP contribution in [0.15, 0.2) is 23.3 Å². The van der Waals surface area contributed by atoms with Crippen LogP contribution < -0.4 is 10.6 Å².